The first kappa shape index (κ1) is 11.7. The average Bonchev–Trinajstić information content (AvgIpc) is 2.76. The molecule has 0 amide bonds. The number of nitrogens with zero attached hydrogens (tertiary/aromatic N) is 4. The summed E-state index contributed by atoms with van der Waals surface area (Å²) in [6.45, 7) is 4.07. The fourth-order valence-electron chi connectivity index (χ4n) is 1.81. The predicted octanol–water partition coefficient (Wildman–Crippen LogP) is 3.71. The van der Waals surface area contributed by atoms with E-state index in [-0.39, 0.29) is 5.92 Å². The van der Waals surface area contributed by atoms with E-state index in [4.69, 9.17) is 23.2 Å². The van der Waals surface area contributed by atoms with Crippen LogP contribution in [0, 0.1) is 0 Å². The molecule has 0 saturated carbocycles. The highest BCUT2D eigenvalue weighted by molar-refractivity contribution is 6.32. The van der Waals surface area contributed by atoms with Gasteiger partial charge in [0.05, 0.1) is 5.52 Å². The lowest BCUT2D eigenvalue weighted by atomic mass is 10.2. The number of hydrogen-bond donors (Lipinski definition) is 0. The van der Waals surface area contributed by atoms with Gasteiger partial charge in [-0.1, -0.05) is 25.4 Å². The Labute approximate surface area is 114 Å². The van der Waals surface area contributed by atoms with Crippen LogP contribution in [-0.2, 0) is 0 Å². The van der Waals surface area contributed by atoms with Gasteiger partial charge in [0.1, 0.15) is 0 Å². The van der Waals surface area contributed by atoms with E-state index in [0.29, 0.717) is 16.0 Å². The summed E-state index contributed by atoms with van der Waals surface area (Å²) in [5, 5.41) is 6.16. The summed E-state index contributed by atoms with van der Waals surface area (Å²) in [5.74, 6) is 0.973. The molecule has 18 heavy (non-hydrogen) atoms. The molecule has 0 bridgehead atoms. The molecule has 2 aromatic heterocycles. The van der Waals surface area contributed by atoms with Gasteiger partial charge < -0.3 is 0 Å². The van der Waals surface area contributed by atoms with Crippen LogP contribution in [0.3, 0.4) is 0 Å². The van der Waals surface area contributed by atoms with E-state index >= 15 is 0 Å². The Bertz CT molecular complexity index is 748. The minimum absolute atomic E-state index is 0.232. The van der Waals surface area contributed by atoms with E-state index in [9.17, 15) is 0 Å². The molecule has 92 valence electrons. The van der Waals surface area contributed by atoms with Gasteiger partial charge in [0, 0.05) is 16.3 Å². The number of aromatic nitrogens is 4. The average molecular weight is 281 g/mol. The monoisotopic (exact) mass is 280 g/mol. The molecule has 3 aromatic rings. The number of fused-ring (bicyclic) bond motifs is 3. The minimum atomic E-state index is 0.232. The van der Waals surface area contributed by atoms with Crippen LogP contribution >= 0.6 is 23.2 Å². The largest absolute Gasteiger partial charge is 0.226 e. The fraction of sp³-hybridized carbons (Fsp3) is 0.250. The highest BCUT2D eigenvalue weighted by atomic mass is 35.5. The van der Waals surface area contributed by atoms with Gasteiger partial charge in [-0.3, -0.25) is 0 Å². The SMILES string of the molecule is CC(C)c1nc2c3cc(Cl)ccc3nc(Cl)n2n1. The fourth-order valence-corrected chi connectivity index (χ4v) is 2.19. The highest BCUT2D eigenvalue weighted by Gasteiger charge is 2.14. The van der Waals surface area contributed by atoms with E-state index in [0.717, 1.165) is 16.7 Å². The standard InChI is InChI=1S/C12H10Cl2N4/c1-6(2)10-16-11-8-5-7(13)3-4-9(8)15-12(14)18(11)17-10/h3-6H,1-2H3. The van der Waals surface area contributed by atoms with Crippen molar-refractivity contribution in [2.24, 2.45) is 0 Å². The Hall–Kier alpha value is -1.39. The number of halogens is 2. The third-order valence-electron chi connectivity index (χ3n) is 2.73. The van der Waals surface area contributed by atoms with Crippen LogP contribution in [0.15, 0.2) is 18.2 Å². The van der Waals surface area contributed by atoms with Crippen molar-refractivity contribution in [3.05, 3.63) is 34.3 Å². The lowest BCUT2D eigenvalue weighted by Gasteiger charge is -2.01. The van der Waals surface area contributed by atoms with Gasteiger partial charge in [0.2, 0.25) is 5.28 Å². The zero-order valence-electron chi connectivity index (χ0n) is 9.85. The molecule has 0 radical (unpaired) electrons. The first-order chi connectivity index (χ1) is 8.56. The predicted molar refractivity (Wildman–Crippen MR) is 72.4 cm³/mol. The van der Waals surface area contributed by atoms with Crippen LogP contribution in [-0.4, -0.2) is 19.6 Å². The van der Waals surface area contributed by atoms with Crippen molar-refractivity contribution in [1.82, 2.24) is 19.6 Å². The van der Waals surface area contributed by atoms with Crippen molar-refractivity contribution in [2.75, 3.05) is 0 Å². The number of rotatable bonds is 1. The van der Waals surface area contributed by atoms with E-state index in [1.165, 1.54) is 0 Å². The topological polar surface area (TPSA) is 43.1 Å². The van der Waals surface area contributed by atoms with Crippen molar-refractivity contribution in [3.8, 4) is 0 Å². The summed E-state index contributed by atoms with van der Waals surface area (Å²) in [6, 6.07) is 5.44. The quantitative estimate of drug-likeness (QED) is 0.639. The van der Waals surface area contributed by atoms with Crippen molar-refractivity contribution >= 4 is 39.8 Å². The van der Waals surface area contributed by atoms with Gasteiger partial charge >= 0.3 is 0 Å². The Balaban J connectivity index is 2.47. The molecular weight excluding hydrogens is 271 g/mol. The summed E-state index contributed by atoms with van der Waals surface area (Å²) in [5.41, 5.74) is 1.45. The van der Waals surface area contributed by atoms with Crippen LogP contribution in [0.2, 0.25) is 10.3 Å². The molecule has 0 N–H and O–H groups in total. The lowest BCUT2D eigenvalue weighted by Crippen LogP contribution is -1.95. The van der Waals surface area contributed by atoms with Crippen molar-refractivity contribution in [3.63, 3.8) is 0 Å². The van der Waals surface area contributed by atoms with Crippen LogP contribution < -0.4 is 0 Å². The van der Waals surface area contributed by atoms with E-state index < -0.39 is 0 Å². The maximum atomic E-state index is 6.11. The van der Waals surface area contributed by atoms with Gasteiger partial charge in [0.15, 0.2) is 11.5 Å². The maximum absolute atomic E-state index is 6.11. The van der Waals surface area contributed by atoms with Crippen molar-refractivity contribution < 1.29 is 0 Å². The molecule has 0 aliphatic carbocycles. The number of hydrogen-bond acceptors (Lipinski definition) is 3. The molecular formula is C12H10Cl2N4. The zero-order valence-corrected chi connectivity index (χ0v) is 11.4. The van der Waals surface area contributed by atoms with Crippen molar-refractivity contribution in [2.45, 2.75) is 19.8 Å². The van der Waals surface area contributed by atoms with Gasteiger partial charge in [0.25, 0.3) is 0 Å². The summed E-state index contributed by atoms with van der Waals surface area (Å²) < 4.78 is 1.55. The molecule has 0 aliphatic rings. The van der Waals surface area contributed by atoms with Gasteiger partial charge in [-0.15, -0.1) is 5.10 Å². The van der Waals surface area contributed by atoms with E-state index in [1.54, 1.807) is 10.6 Å². The second kappa shape index (κ2) is 4.07. The Morgan fingerprint density at radius 1 is 1.17 bits per heavy atom. The number of benzene rings is 1. The Morgan fingerprint density at radius 2 is 1.94 bits per heavy atom. The molecule has 4 nitrogen and oxygen atoms in total. The van der Waals surface area contributed by atoms with Crippen LogP contribution in [0.25, 0.3) is 16.6 Å². The molecule has 6 heteroatoms. The third-order valence-corrected chi connectivity index (χ3v) is 3.21. The second-order valence-electron chi connectivity index (χ2n) is 4.40. The molecule has 0 fully saturated rings. The molecule has 0 saturated heterocycles. The first-order valence-electron chi connectivity index (χ1n) is 5.57. The highest BCUT2D eigenvalue weighted by Crippen LogP contribution is 2.25. The second-order valence-corrected chi connectivity index (χ2v) is 5.18. The Morgan fingerprint density at radius 3 is 2.67 bits per heavy atom. The Kier molecular flexibility index (Phi) is 2.64. The summed E-state index contributed by atoms with van der Waals surface area (Å²) >= 11 is 12.1. The summed E-state index contributed by atoms with van der Waals surface area (Å²) in [4.78, 5) is 8.80. The summed E-state index contributed by atoms with van der Waals surface area (Å²) in [7, 11) is 0. The van der Waals surface area contributed by atoms with E-state index in [2.05, 4.69) is 15.1 Å². The molecule has 0 spiro atoms. The lowest BCUT2D eigenvalue weighted by molar-refractivity contribution is 0.762. The van der Waals surface area contributed by atoms with E-state index in [1.807, 2.05) is 26.0 Å². The van der Waals surface area contributed by atoms with Crippen LogP contribution in [0.4, 0.5) is 0 Å². The molecule has 0 atom stereocenters. The molecule has 3 rings (SSSR count). The molecule has 0 aliphatic heterocycles. The third kappa shape index (κ3) is 1.72. The van der Waals surface area contributed by atoms with Crippen LogP contribution in [0.5, 0.6) is 0 Å². The first-order valence-corrected chi connectivity index (χ1v) is 6.33. The normalized spacial score (nSPS) is 11.8. The van der Waals surface area contributed by atoms with Gasteiger partial charge in [-0.2, -0.15) is 4.52 Å². The minimum Gasteiger partial charge on any atom is -0.218 e. The molecule has 1 aromatic carbocycles. The summed E-state index contributed by atoms with van der Waals surface area (Å²) in [6.07, 6.45) is 0. The smallest absolute Gasteiger partial charge is 0.218 e. The van der Waals surface area contributed by atoms with Crippen LogP contribution in [0.1, 0.15) is 25.6 Å². The van der Waals surface area contributed by atoms with Crippen molar-refractivity contribution in [1.29, 1.82) is 0 Å². The van der Waals surface area contributed by atoms with Gasteiger partial charge in [-0.25, -0.2) is 9.97 Å². The van der Waals surface area contributed by atoms with Gasteiger partial charge in [-0.05, 0) is 29.8 Å². The maximum Gasteiger partial charge on any atom is 0.226 e. The molecule has 0 unspecified atom stereocenters. The zero-order chi connectivity index (χ0) is 12.9. The molecule has 2 heterocycles.